The largest absolute Gasteiger partial charge is 0.381 e. The molecule has 2 aliphatic carbocycles. The number of guanidine groups is 1. The van der Waals surface area contributed by atoms with Crippen LogP contribution in [-0.2, 0) is 4.74 Å². The van der Waals surface area contributed by atoms with Gasteiger partial charge in [-0.1, -0.05) is 0 Å². The lowest BCUT2D eigenvalue weighted by molar-refractivity contribution is 0.123. The zero-order valence-corrected chi connectivity index (χ0v) is 15.3. The third-order valence-corrected chi connectivity index (χ3v) is 4.45. The van der Waals surface area contributed by atoms with Gasteiger partial charge >= 0.3 is 0 Å². The molecular formula is C18H36N4O. The summed E-state index contributed by atoms with van der Waals surface area (Å²) >= 11 is 0. The van der Waals surface area contributed by atoms with Crippen LogP contribution < -0.4 is 10.6 Å². The lowest BCUT2D eigenvalue weighted by atomic mass is 10.3. The summed E-state index contributed by atoms with van der Waals surface area (Å²) in [4.78, 5) is 7.24. The summed E-state index contributed by atoms with van der Waals surface area (Å²) in [5, 5.41) is 6.79. The van der Waals surface area contributed by atoms with Crippen molar-refractivity contribution in [1.82, 2.24) is 15.5 Å². The molecule has 5 nitrogen and oxygen atoms in total. The van der Waals surface area contributed by atoms with Gasteiger partial charge in [0.1, 0.15) is 0 Å². The Morgan fingerprint density at radius 3 is 2.61 bits per heavy atom. The Hall–Kier alpha value is -0.810. The molecule has 0 aromatic rings. The number of aliphatic imine (C=N–C) groups is 1. The highest BCUT2D eigenvalue weighted by Crippen LogP contribution is 2.29. The summed E-state index contributed by atoms with van der Waals surface area (Å²) in [5.74, 6) is 1.79. The third-order valence-electron chi connectivity index (χ3n) is 4.45. The van der Waals surface area contributed by atoms with Crippen LogP contribution in [0, 0.1) is 5.92 Å². The molecule has 23 heavy (non-hydrogen) atoms. The van der Waals surface area contributed by atoms with Gasteiger partial charge in [-0.25, -0.2) is 0 Å². The van der Waals surface area contributed by atoms with Crippen LogP contribution in [0.4, 0.5) is 0 Å². The van der Waals surface area contributed by atoms with Gasteiger partial charge in [-0.2, -0.15) is 0 Å². The fraction of sp³-hybridized carbons (Fsp3) is 0.944. The van der Waals surface area contributed by atoms with Crippen LogP contribution in [0.1, 0.15) is 52.9 Å². The van der Waals surface area contributed by atoms with E-state index >= 15 is 0 Å². The van der Waals surface area contributed by atoms with Crippen LogP contribution in [-0.4, -0.2) is 62.3 Å². The second kappa shape index (κ2) is 10.1. The molecule has 0 bridgehead atoms. The first-order valence-electron chi connectivity index (χ1n) is 9.56. The highest BCUT2D eigenvalue weighted by Gasteiger charge is 2.30. The van der Waals surface area contributed by atoms with Crippen LogP contribution in [0.2, 0.25) is 0 Å². The summed E-state index contributed by atoms with van der Waals surface area (Å²) < 4.78 is 5.65. The predicted molar refractivity (Wildman–Crippen MR) is 97.0 cm³/mol. The van der Waals surface area contributed by atoms with Crippen LogP contribution in [0.25, 0.3) is 0 Å². The molecule has 0 unspecified atom stereocenters. The zero-order valence-electron chi connectivity index (χ0n) is 15.3. The Morgan fingerprint density at radius 2 is 2.00 bits per heavy atom. The maximum absolute atomic E-state index is 5.65. The maximum atomic E-state index is 5.65. The van der Waals surface area contributed by atoms with Crippen LogP contribution in [0.15, 0.2) is 4.99 Å². The minimum atomic E-state index is 0.632. The fourth-order valence-electron chi connectivity index (χ4n) is 2.81. The summed E-state index contributed by atoms with van der Waals surface area (Å²) in [5.41, 5.74) is 0. The Bertz CT molecular complexity index is 349. The predicted octanol–water partition coefficient (Wildman–Crippen LogP) is 2.23. The highest BCUT2D eigenvalue weighted by molar-refractivity contribution is 5.79. The van der Waals surface area contributed by atoms with Crippen molar-refractivity contribution >= 4 is 5.96 Å². The van der Waals surface area contributed by atoms with E-state index in [4.69, 9.17) is 4.74 Å². The van der Waals surface area contributed by atoms with Crippen LogP contribution >= 0.6 is 0 Å². The molecule has 0 amide bonds. The Balaban J connectivity index is 1.58. The van der Waals surface area contributed by atoms with Gasteiger partial charge < -0.3 is 15.4 Å². The van der Waals surface area contributed by atoms with Gasteiger partial charge in [0.2, 0.25) is 0 Å². The van der Waals surface area contributed by atoms with Crippen molar-refractivity contribution in [3.8, 4) is 0 Å². The summed E-state index contributed by atoms with van der Waals surface area (Å²) in [6.45, 7) is 12.3. The first-order valence-corrected chi connectivity index (χ1v) is 9.56. The molecule has 0 atom stereocenters. The molecule has 2 saturated carbocycles. The molecule has 134 valence electrons. The number of hydrogen-bond donors (Lipinski definition) is 2. The summed E-state index contributed by atoms with van der Waals surface area (Å²) in [6, 6.07) is 1.45. The lowest BCUT2D eigenvalue weighted by Gasteiger charge is -2.26. The minimum absolute atomic E-state index is 0.632. The average molecular weight is 325 g/mol. The molecule has 2 fully saturated rings. The van der Waals surface area contributed by atoms with Gasteiger partial charge in [0, 0.05) is 51.5 Å². The highest BCUT2D eigenvalue weighted by atomic mass is 16.5. The van der Waals surface area contributed by atoms with E-state index in [1.54, 1.807) is 0 Å². The molecule has 0 aliphatic heterocycles. The molecule has 5 heteroatoms. The Morgan fingerprint density at radius 1 is 1.22 bits per heavy atom. The van der Waals surface area contributed by atoms with E-state index in [1.807, 2.05) is 0 Å². The number of nitrogens with one attached hydrogen (secondary N) is 2. The van der Waals surface area contributed by atoms with Gasteiger partial charge in [0.15, 0.2) is 5.96 Å². The zero-order chi connectivity index (χ0) is 16.5. The van der Waals surface area contributed by atoms with Gasteiger partial charge in [0.05, 0.1) is 0 Å². The Labute approximate surface area is 142 Å². The number of hydrogen-bond acceptors (Lipinski definition) is 3. The minimum Gasteiger partial charge on any atom is -0.381 e. The van der Waals surface area contributed by atoms with Crippen molar-refractivity contribution in [2.24, 2.45) is 10.9 Å². The Kier molecular flexibility index (Phi) is 8.17. The van der Waals surface area contributed by atoms with Crippen molar-refractivity contribution in [2.75, 3.05) is 39.4 Å². The molecule has 0 aromatic heterocycles. The first kappa shape index (κ1) is 18.5. The SMILES string of the molecule is CCNC(=NCCCOCC1CC1)NCCN(C(C)C)C1CC1. The first-order chi connectivity index (χ1) is 11.2. The molecule has 0 heterocycles. The topological polar surface area (TPSA) is 48.9 Å². The monoisotopic (exact) mass is 324 g/mol. The lowest BCUT2D eigenvalue weighted by Crippen LogP contribution is -2.44. The smallest absolute Gasteiger partial charge is 0.191 e. The van der Waals surface area contributed by atoms with Crippen molar-refractivity contribution in [3.63, 3.8) is 0 Å². The fourth-order valence-corrected chi connectivity index (χ4v) is 2.81. The van der Waals surface area contributed by atoms with E-state index in [1.165, 1.54) is 25.7 Å². The molecule has 2 N–H and O–H groups in total. The molecule has 0 aromatic carbocycles. The standard InChI is InChI=1S/C18H36N4O/c1-4-19-18(20-10-5-13-23-14-16-6-7-16)21-11-12-22(15(2)3)17-8-9-17/h15-17H,4-14H2,1-3H3,(H2,19,20,21). The molecule has 0 spiro atoms. The van der Waals surface area contributed by atoms with Crippen molar-refractivity contribution in [1.29, 1.82) is 0 Å². The molecule has 2 aliphatic rings. The van der Waals surface area contributed by atoms with Crippen LogP contribution in [0.3, 0.4) is 0 Å². The second-order valence-electron chi connectivity index (χ2n) is 7.12. The van der Waals surface area contributed by atoms with Crippen molar-refractivity contribution < 1.29 is 4.74 Å². The number of rotatable bonds is 12. The van der Waals surface area contributed by atoms with Gasteiger partial charge in [-0.05, 0) is 58.8 Å². The number of nitrogens with zero attached hydrogens (tertiary/aromatic N) is 2. The molecular weight excluding hydrogens is 288 g/mol. The van der Waals surface area contributed by atoms with E-state index in [0.717, 1.165) is 63.7 Å². The van der Waals surface area contributed by atoms with E-state index < -0.39 is 0 Å². The van der Waals surface area contributed by atoms with E-state index in [2.05, 4.69) is 41.3 Å². The maximum Gasteiger partial charge on any atom is 0.191 e. The van der Waals surface area contributed by atoms with E-state index in [-0.39, 0.29) is 0 Å². The van der Waals surface area contributed by atoms with E-state index in [0.29, 0.717) is 6.04 Å². The second-order valence-corrected chi connectivity index (χ2v) is 7.12. The van der Waals surface area contributed by atoms with Gasteiger partial charge in [-0.3, -0.25) is 9.89 Å². The normalized spacial score (nSPS) is 18.7. The molecule has 0 saturated heterocycles. The van der Waals surface area contributed by atoms with E-state index in [9.17, 15) is 0 Å². The third kappa shape index (κ3) is 8.02. The average Bonchev–Trinajstić information content (AvgIpc) is 3.40. The summed E-state index contributed by atoms with van der Waals surface area (Å²) in [6.07, 6.45) is 6.46. The number of ether oxygens (including phenoxy) is 1. The van der Waals surface area contributed by atoms with Gasteiger partial charge in [-0.15, -0.1) is 0 Å². The van der Waals surface area contributed by atoms with Gasteiger partial charge in [0.25, 0.3) is 0 Å². The molecule has 2 rings (SSSR count). The molecule has 0 radical (unpaired) electrons. The van der Waals surface area contributed by atoms with Crippen molar-refractivity contribution in [3.05, 3.63) is 0 Å². The quantitative estimate of drug-likeness (QED) is 0.328. The summed E-state index contributed by atoms with van der Waals surface area (Å²) in [7, 11) is 0. The van der Waals surface area contributed by atoms with Crippen LogP contribution in [0.5, 0.6) is 0 Å². The van der Waals surface area contributed by atoms with Crippen molar-refractivity contribution in [2.45, 2.75) is 65.0 Å².